The number of alkyl halides is 4. The summed E-state index contributed by atoms with van der Waals surface area (Å²) in [5.74, 6) is -6.02. The molecule has 1 unspecified atom stereocenters. The Morgan fingerprint density at radius 3 is 2.46 bits per heavy atom. The summed E-state index contributed by atoms with van der Waals surface area (Å²) in [7, 11) is 0. The summed E-state index contributed by atoms with van der Waals surface area (Å²) in [5.41, 5.74) is -0.559. The van der Waals surface area contributed by atoms with E-state index < -0.39 is 71.3 Å². The molecule has 0 spiro atoms. The maximum Gasteiger partial charge on any atom is 0.471 e. The summed E-state index contributed by atoms with van der Waals surface area (Å²) in [6.45, 7) is 4.47. The molecule has 0 radical (unpaired) electrons. The van der Waals surface area contributed by atoms with Gasteiger partial charge < -0.3 is 15.5 Å². The summed E-state index contributed by atoms with van der Waals surface area (Å²) >= 11 is 0. The zero-order valence-electron chi connectivity index (χ0n) is 22.5. The first-order valence-electron chi connectivity index (χ1n) is 13.3. The number of nitriles is 1. The van der Waals surface area contributed by atoms with Crippen molar-refractivity contribution in [2.45, 2.75) is 64.1 Å². The van der Waals surface area contributed by atoms with Crippen LogP contribution in [0.5, 0.6) is 0 Å². The van der Waals surface area contributed by atoms with Gasteiger partial charge in [-0.2, -0.15) is 23.5 Å². The molecule has 3 heterocycles. The van der Waals surface area contributed by atoms with Crippen molar-refractivity contribution >= 4 is 23.2 Å². The van der Waals surface area contributed by atoms with E-state index in [-0.39, 0.29) is 30.4 Å². The highest BCUT2D eigenvalue weighted by Gasteiger charge is 2.63. The number of carbonyl (C=O) groups is 3. The molecule has 9 nitrogen and oxygen atoms in total. The molecule has 3 amide bonds. The predicted octanol–water partition coefficient (Wildman–Crippen LogP) is 3.07. The lowest BCUT2D eigenvalue weighted by Crippen LogP contribution is -2.60. The number of carbonyl (C=O) groups excluding carboxylic acids is 3. The second-order valence-electron chi connectivity index (χ2n) is 12.2. The predicted molar refractivity (Wildman–Crippen MR) is 133 cm³/mol. The average molecular weight is 581 g/mol. The van der Waals surface area contributed by atoms with Gasteiger partial charge in [0.15, 0.2) is 0 Å². The molecule has 2 N–H and O–H groups in total. The van der Waals surface area contributed by atoms with Crippen LogP contribution in [0.4, 0.5) is 22.0 Å². The average Bonchev–Trinajstić information content (AvgIpc) is 3.63. The third-order valence-electron chi connectivity index (χ3n) is 8.70. The van der Waals surface area contributed by atoms with Gasteiger partial charge in [0.2, 0.25) is 11.8 Å². The highest BCUT2D eigenvalue weighted by molar-refractivity contribution is 5.94. The van der Waals surface area contributed by atoms with E-state index in [1.807, 2.05) is 6.07 Å². The van der Waals surface area contributed by atoms with Crippen molar-refractivity contribution in [1.29, 1.82) is 5.26 Å². The molecule has 2 saturated carbocycles. The second kappa shape index (κ2) is 9.95. The molecule has 2 aromatic rings. The number of pyridine rings is 1. The first-order chi connectivity index (χ1) is 19.1. The van der Waals surface area contributed by atoms with Gasteiger partial charge in [-0.1, -0.05) is 20.8 Å². The number of fused-ring (bicyclic) bond motifs is 6. The smallest absolute Gasteiger partial charge is 0.336 e. The fourth-order valence-electron chi connectivity index (χ4n) is 6.90. The van der Waals surface area contributed by atoms with Crippen LogP contribution in [0.1, 0.15) is 45.2 Å². The Bertz CT molecular complexity index is 1430. The number of amides is 3. The van der Waals surface area contributed by atoms with Crippen molar-refractivity contribution in [3.63, 3.8) is 0 Å². The number of likely N-dealkylation sites (tertiary alicyclic amines) is 1. The van der Waals surface area contributed by atoms with E-state index >= 15 is 0 Å². The number of rotatable bonds is 5. The number of nitrogens with one attached hydrogen (secondary N) is 2. The van der Waals surface area contributed by atoms with E-state index in [0.29, 0.717) is 11.9 Å². The quantitative estimate of drug-likeness (QED) is 0.527. The summed E-state index contributed by atoms with van der Waals surface area (Å²) in [4.78, 5) is 40.7. The minimum atomic E-state index is -5.24. The molecule has 220 valence electrons. The van der Waals surface area contributed by atoms with Crippen molar-refractivity contribution in [1.82, 2.24) is 25.1 Å². The molecule has 2 bridgehead atoms. The zero-order chi connectivity index (χ0) is 30.0. The Kier molecular flexibility index (Phi) is 6.98. The Balaban J connectivity index is 1.47. The fraction of sp³-hybridized carbons (Fsp3) is 0.593. The summed E-state index contributed by atoms with van der Waals surface area (Å²) in [5, 5.41) is 18.3. The van der Waals surface area contributed by atoms with Gasteiger partial charge in [-0.3, -0.25) is 14.4 Å². The summed E-state index contributed by atoms with van der Waals surface area (Å²) in [6.07, 6.45) is -3.25. The molecule has 41 heavy (non-hydrogen) atoms. The molecule has 8 atom stereocenters. The maximum atomic E-state index is 14.9. The van der Waals surface area contributed by atoms with Gasteiger partial charge >= 0.3 is 12.1 Å². The van der Waals surface area contributed by atoms with Crippen LogP contribution in [0.3, 0.4) is 0 Å². The number of nitrogens with zero attached hydrogens (tertiary/aromatic N) is 4. The number of hydrogen-bond donors (Lipinski definition) is 2. The molecular weight excluding hydrogens is 551 g/mol. The van der Waals surface area contributed by atoms with Crippen LogP contribution in [0.15, 0.2) is 24.5 Å². The lowest BCUT2D eigenvalue weighted by molar-refractivity contribution is -0.176. The molecule has 0 aromatic carbocycles. The largest absolute Gasteiger partial charge is 0.471 e. The van der Waals surface area contributed by atoms with E-state index in [4.69, 9.17) is 0 Å². The minimum Gasteiger partial charge on any atom is -0.336 e. The molecule has 2 aromatic heterocycles. The lowest BCUT2D eigenvalue weighted by atomic mass is 9.77. The Labute approximate surface area is 232 Å². The van der Waals surface area contributed by atoms with Gasteiger partial charge in [-0.25, -0.2) is 13.3 Å². The third-order valence-corrected chi connectivity index (χ3v) is 8.70. The zero-order valence-corrected chi connectivity index (χ0v) is 22.5. The Hall–Kier alpha value is -3.76. The van der Waals surface area contributed by atoms with Crippen molar-refractivity contribution in [3.8, 4) is 6.07 Å². The highest BCUT2D eigenvalue weighted by atomic mass is 19.4. The molecular formula is C27H29F5N6O3. The van der Waals surface area contributed by atoms with Crippen molar-refractivity contribution in [2.75, 3.05) is 6.54 Å². The van der Waals surface area contributed by atoms with Crippen LogP contribution < -0.4 is 10.6 Å². The van der Waals surface area contributed by atoms with Crippen LogP contribution in [0.2, 0.25) is 0 Å². The van der Waals surface area contributed by atoms with Crippen molar-refractivity contribution in [2.24, 2.45) is 29.1 Å². The molecule has 3 aliphatic rings. The van der Waals surface area contributed by atoms with Gasteiger partial charge in [0, 0.05) is 12.1 Å². The third kappa shape index (κ3) is 4.99. The molecule has 1 saturated heterocycles. The van der Waals surface area contributed by atoms with E-state index in [1.165, 1.54) is 37.5 Å². The normalized spacial score (nSPS) is 28.7. The van der Waals surface area contributed by atoms with E-state index in [9.17, 15) is 41.6 Å². The van der Waals surface area contributed by atoms with Gasteiger partial charge in [0.25, 0.3) is 0 Å². The van der Waals surface area contributed by atoms with Crippen LogP contribution in [0.25, 0.3) is 5.52 Å². The molecule has 1 aliphatic heterocycles. The van der Waals surface area contributed by atoms with E-state index in [2.05, 4.69) is 10.4 Å². The number of halogens is 5. The van der Waals surface area contributed by atoms with E-state index in [0.717, 1.165) is 17.2 Å². The molecule has 14 heteroatoms. The SMILES string of the molecule is CC(C)(C)[C@H](NC(=O)C(F)(F)F)C(=O)N1C[C@@H]2[C@H]3C[C@@H]([C@@H]2[C@H]1C(=O)NC(C#N)c1cnn2cc(F)ccc12)[C@H](F)C3. The Morgan fingerprint density at radius 1 is 1.12 bits per heavy atom. The number of hydrogen-bond acceptors (Lipinski definition) is 5. The highest BCUT2D eigenvalue weighted by Crippen LogP contribution is 2.58. The van der Waals surface area contributed by atoms with Crippen molar-refractivity contribution < 1.29 is 36.3 Å². The monoisotopic (exact) mass is 580 g/mol. The van der Waals surface area contributed by atoms with Crippen molar-refractivity contribution in [3.05, 3.63) is 35.9 Å². The first-order valence-corrected chi connectivity index (χ1v) is 13.3. The Morgan fingerprint density at radius 2 is 1.83 bits per heavy atom. The van der Waals surface area contributed by atoms with Gasteiger partial charge in [-0.05, 0) is 54.1 Å². The topological polar surface area (TPSA) is 120 Å². The van der Waals surface area contributed by atoms with Gasteiger partial charge in [-0.15, -0.1) is 0 Å². The second-order valence-corrected chi connectivity index (χ2v) is 12.2. The number of aromatic nitrogens is 2. The summed E-state index contributed by atoms with van der Waals surface area (Å²) < 4.78 is 69.2. The van der Waals surface area contributed by atoms with Crippen LogP contribution in [-0.2, 0) is 14.4 Å². The van der Waals surface area contributed by atoms with Gasteiger partial charge in [0.1, 0.15) is 30.1 Å². The van der Waals surface area contributed by atoms with E-state index in [1.54, 1.807) is 5.32 Å². The standard InChI is InChI=1S/C27H29F5N6O3/c1-26(2,3)22(36-25(41)27(30,31)32)24(40)37-11-16-12-6-14(17(29)7-12)20(16)21(37)23(39)35-18(8-33)15-9-34-38-10-13(28)4-5-19(15)38/h4-5,9-10,12,14,16-18,20-22H,6-7,11H2,1-3H3,(H,35,39)(H,36,41)/t12-,14+,16+,17+,18?,20-,21-,22+/m0/s1. The minimum absolute atomic E-state index is 0.0111. The fourth-order valence-corrected chi connectivity index (χ4v) is 6.90. The first kappa shape index (κ1) is 28.8. The molecule has 5 rings (SSSR count). The lowest BCUT2D eigenvalue weighted by Gasteiger charge is -2.37. The summed E-state index contributed by atoms with van der Waals surface area (Å²) in [6, 6.07) is 0.331. The van der Waals surface area contributed by atoms with Gasteiger partial charge in [0.05, 0.1) is 24.0 Å². The molecule has 3 fully saturated rings. The molecule has 2 aliphatic carbocycles. The maximum absolute atomic E-state index is 14.9. The van der Waals surface area contributed by atoms with Crippen LogP contribution in [0, 0.1) is 46.2 Å². The van der Waals surface area contributed by atoms with Crippen LogP contribution >= 0.6 is 0 Å². The van der Waals surface area contributed by atoms with Crippen LogP contribution in [-0.4, -0.2) is 63.2 Å².